The molecule has 0 aromatic heterocycles. The van der Waals surface area contributed by atoms with Crippen LogP contribution in [0.2, 0.25) is 5.02 Å². The number of aromatic carboxylic acids is 1. The molecule has 19 heavy (non-hydrogen) atoms. The molecule has 3 nitrogen and oxygen atoms in total. The monoisotopic (exact) mass is 275 g/mol. The smallest absolute Gasteiger partial charge is 0.335 e. The molecule has 98 valence electrons. The lowest BCUT2D eigenvalue weighted by Crippen LogP contribution is -2.07. The lowest BCUT2D eigenvalue weighted by atomic mass is 10.0. The van der Waals surface area contributed by atoms with Gasteiger partial charge < -0.3 is 10.0 Å². The number of benzene rings is 2. The standard InChI is InChI=1S/C15H14ClNO2/c1-17(2)12-6-3-10(4-7-12)13-9-11(15(18)19)5-8-14(13)16/h3-9H,1-2H3,(H,18,19). The van der Waals surface area contributed by atoms with Gasteiger partial charge in [0.2, 0.25) is 0 Å². The van der Waals surface area contributed by atoms with E-state index in [4.69, 9.17) is 16.7 Å². The summed E-state index contributed by atoms with van der Waals surface area (Å²) in [6, 6.07) is 12.5. The molecule has 0 aliphatic carbocycles. The van der Waals surface area contributed by atoms with Crippen molar-refractivity contribution in [3.63, 3.8) is 0 Å². The van der Waals surface area contributed by atoms with Gasteiger partial charge in [0.1, 0.15) is 0 Å². The van der Waals surface area contributed by atoms with Crippen LogP contribution in [0.15, 0.2) is 42.5 Å². The van der Waals surface area contributed by atoms with Crippen LogP contribution in [0.5, 0.6) is 0 Å². The number of carbonyl (C=O) groups is 1. The van der Waals surface area contributed by atoms with Gasteiger partial charge in [0.25, 0.3) is 0 Å². The summed E-state index contributed by atoms with van der Waals surface area (Å²) < 4.78 is 0. The number of nitrogens with zero attached hydrogens (tertiary/aromatic N) is 1. The number of halogens is 1. The topological polar surface area (TPSA) is 40.5 Å². The van der Waals surface area contributed by atoms with Crippen molar-refractivity contribution in [2.24, 2.45) is 0 Å². The molecule has 0 saturated heterocycles. The van der Waals surface area contributed by atoms with Crippen LogP contribution >= 0.6 is 11.6 Å². The lowest BCUT2D eigenvalue weighted by molar-refractivity contribution is 0.0697. The van der Waals surface area contributed by atoms with Crippen molar-refractivity contribution in [2.75, 3.05) is 19.0 Å². The molecule has 0 amide bonds. The highest BCUT2D eigenvalue weighted by atomic mass is 35.5. The minimum Gasteiger partial charge on any atom is -0.478 e. The molecular formula is C15H14ClNO2. The molecule has 0 aliphatic rings. The summed E-state index contributed by atoms with van der Waals surface area (Å²) in [5.74, 6) is -0.956. The summed E-state index contributed by atoms with van der Waals surface area (Å²) in [4.78, 5) is 13.0. The largest absolute Gasteiger partial charge is 0.478 e. The molecule has 0 fully saturated rings. The fourth-order valence-corrected chi connectivity index (χ4v) is 2.05. The Hall–Kier alpha value is -2.00. The molecule has 0 radical (unpaired) electrons. The molecule has 0 aliphatic heterocycles. The molecule has 2 rings (SSSR count). The van der Waals surface area contributed by atoms with Gasteiger partial charge in [0.05, 0.1) is 5.56 Å². The number of hydrogen-bond acceptors (Lipinski definition) is 2. The maximum absolute atomic E-state index is 11.0. The second-order valence-corrected chi connectivity index (χ2v) is 4.85. The van der Waals surface area contributed by atoms with Gasteiger partial charge in [0, 0.05) is 30.4 Å². The molecule has 0 spiro atoms. The van der Waals surface area contributed by atoms with Gasteiger partial charge in [-0.05, 0) is 35.9 Å². The minimum absolute atomic E-state index is 0.232. The van der Waals surface area contributed by atoms with Gasteiger partial charge in [0.15, 0.2) is 0 Å². The molecule has 2 aromatic rings. The van der Waals surface area contributed by atoms with E-state index < -0.39 is 5.97 Å². The zero-order valence-electron chi connectivity index (χ0n) is 10.7. The molecule has 2 aromatic carbocycles. The summed E-state index contributed by atoms with van der Waals surface area (Å²) in [6.07, 6.45) is 0. The highest BCUT2D eigenvalue weighted by Crippen LogP contribution is 2.30. The number of hydrogen-bond donors (Lipinski definition) is 1. The Balaban J connectivity index is 2.46. The zero-order chi connectivity index (χ0) is 14.0. The summed E-state index contributed by atoms with van der Waals surface area (Å²) in [5.41, 5.74) is 2.94. The molecule has 0 heterocycles. The first-order valence-electron chi connectivity index (χ1n) is 5.79. The second-order valence-electron chi connectivity index (χ2n) is 4.44. The third-order valence-corrected chi connectivity index (χ3v) is 3.24. The average Bonchev–Trinajstić information content (AvgIpc) is 2.39. The maximum Gasteiger partial charge on any atom is 0.335 e. The highest BCUT2D eigenvalue weighted by molar-refractivity contribution is 6.33. The fraction of sp³-hybridized carbons (Fsp3) is 0.133. The molecule has 4 heteroatoms. The molecule has 0 atom stereocenters. The summed E-state index contributed by atoms with van der Waals surface area (Å²) in [5, 5.41) is 9.56. The first kappa shape index (κ1) is 13.4. The van der Waals surface area contributed by atoms with E-state index in [1.807, 2.05) is 43.3 Å². The van der Waals surface area contributed by atoms with Gasteiger partial charge >= 0.3 is 5.97 Å². The molecule has 1 N–H and O–H groups in total. The van der Waals surface area contributed by atoms with Crippen LogP contribution in [0, 0.1) is 0 Å². The summed E-state index contributed by atoms with van der Waals surface area (Å²) in [7, 11) is 3.93. The Morgan fingerprint density at radius 2 is 1.74 bits per heavy atom. The maximum atomic E-state index is 11.0. The van der Waals surface area contributed by atoms with Crippen LogP contribution in [0.3, 0.4) is 0 Å². The van der Waals surface area contributed by atoms with Crippen molar-refractivity contribution < 1.29 is 9.90 Å². The molecule has 0 unspecified atom stereocenters. The van der Waals surface area contributed by atoms with Crippen LogP contribution in [-0.4, -0.2) is 25.2 Å². The predicted octanol–water partition coefficient (Wildman–Crippen LogP) is 3.77. The van der Waals surface area contributed by atoms with Crippen molar-refractivity contribution in [3.8, 4) is 11.1 Å². The van der Waals surface area contributed by atoms with Crippen molar-refractivity contribution in [3.05, 3.63) is 53.1 Å². The van der Waals surface area contributed by atoms with E-state index in [9.17, 15) is 4.79 Å². The van der Waals surface area contributed by atoms with Gasteiger partial charge in [-0.2, -0.15) is 0 Å². The summed E-state index contributed by atoms with van der Waals surface area (Å²) >= 11 is 6.13. The van der Waals surface area contributed by atoms with E-state index in [0.29, 0.717) is 5.02 Å². The van der Waals surface area contributed by atoms with E-state index in [1.165, 1.54) is 6.07 Å². The lowest BCUT2D eigenvalue weighted by Gasteiger charge is -2.13. The number of rotatable bonds is 3. The first-order chi connectivity index (χ1) is 8.99. The van der Waals surface area contributed by atoms with Crippen molar-refractivity contribution in [1.82, 2.24) is 0 Å². The van der Waals surface area contributed by atoms with Crippen molar-refractivity contribution >= 4 is 23.3 Å². The van der Waals surface area contributed by atoms with E-state index in [0.717, 1.165) is 16.8 Å². The quantitative estimate of drug-likeness (QED) is 0.927. The van der Waals surface area contributed by atoms with Crippen molar-refractivity contribution in [1.29, 1.82) is 0 Å². The zero-order valence-corrected chi connectivity index (χ0v) is 11.5. The average molecular weight is 276 g/mol. The van der Waals surface area contributed by atoms with Crippen LogP contribution in [0.1, 0.15) is 10.4 Å². The Labute approximate surface area is 117 Å². The van der Waals surface area contributed by atoms with E-state index >= 15 is 0 Å². The Bertz CT molecular complexity index is 606. The van der Waals surface area contributed by atoms with E-state index in [1.54, 1.807) is 12.1 Å². The van der Waals surface area contributed by atoms with Crippen molar-refractivity contribution in [2.45, 2.75) is 0 Å². The fourth-order valence-electron chi connectivity index (χ4n) is 1.82. The molecule has 0 saturated carbocycles. The SMILES string of the molecule is CN(C)c1ccc(-c2cc(C(=O)O)ccc2Cl)cc1. The van der Waals surface area contributed by atoms with Crippen LogP contribution in [0.4, 0.5) is 5.69 Å². The van der Waals surface area contributed by atoms with Gasteiger partial charge in [-0.3, -0.25) is 0 Å². The minimum atomic E-state index is -0.956. The number of carboxylic acid groups (broad SMARTS) is 1. The highest BCUT2D eigenvalue weighted by Gasteiger charge is 2.09. The Morgan fingerprint density at radius 3 is 2.26 bits per heavy atom. The van der Waals surface area contributed by atoms with Crippen LogP contribution in [0.25, 0.3) is 11.1 Å². The number of anilines is 1. The van der Waals surface area contributed by atoms with Crippen LogP contribution < -0.4 is 4.90 Å². The Morgan fingerprint density at radius 1 is 1.11 bits per heavy atom. The van der Waals surface area contributed by atoms with E-state index in [2.05, 4.69) is 0 Å². The third-order valence-electron chi connectivity index (χ3n) is 2.91. The second kappa shape index (κ2) is 5.33. The first-order valence-corrected chi connectivity index (χ1v) is 6.17. The van der Waals surface area contributed by atoms with Gasteiger partial charge in [-0.15, -0.1) is 0 Å². The summed E-state index contributed by atoms with van der Waals surface area (Å²) in [6.45, 7) is 0. The predicted molar refractivity (Wildman–Crippen MR) is 78.2 cm³/mol. The van der Waals surface area contributed by atoms with Gasteiger partial charge in [-0.25, -0.2) is 4.79 Å². The molecule has 0 bridgehead atoms. The Kier molecular flexibility index (Phi) is 3.76. The third kappa shape index (κ3) is 2.88. The number of carboxylic acids is 1. The van der Waals surface area contributed by atoms with Crippen LogP contribution in [-0.2, 0) is 0 Å². The molecular weight excluding hydrogens is 262 g/mol. The van der Waals surface area contributed by atoms with E-state index in [-0.39, 0.29) is 5.56 Å². The van der Waals surface area contributed by atoms with Gasteiger partial charge in [-0.1, -0.05) is 23.7 Å². The normalized spacial score (nSPS) is 10.3.